The van der Waals surface area contributed by atoms with E-state index in [1.165, 1.54) is 25.2 Å². The van der Waals surface area contributed by atoms with Gasteiger partial charge >= 0.3 is 5.97 Å². The van der Waals surface area contributed by atoms with E-state index in [-0.39, 0.29) is 5.69 Å². The summed E-state index contributed by atoms with van der Waals surface area (Å²) >= 11 is 0. The lowest BCUT2D eigenvalue weighted by Crippen LogP contribution is -2.19. The minimum Gasteiger partial charge on any atom is -0.476 e. The SMILES string of the molecule is O=C(O)c1cnc(NCc2ccnc(N3CCCC3)c2)cn1. The summed E-state index contributed by atoms with van der Waals surface area (Å²) in [5.74, 6) is 0.470. The molecule has 1 fully saturated rings. The van der Waals surface area contributed by atoms with Crippen LogP contribution in [0.5, 0.6) is 0 Å². The summed E-state index contributed by atoms with van der Waals surface area (Å²) in [6, 6.07) is 4.02. The Labute approximate surface area is 128 Å². The summed E-state index contributed by atoms with van der Waals surface area (Å²) in [7, 11) is 0. The van der Waals surface area contributed by atoms with E-state index in [9.17, 15) is 4.79 Å². The number of aromatic nitrogens is 3. The zero-order valence-electron chi connectivity index (χ0n) is 12.1. The molecule has 0 atom stereocenters. The zero-order valence-corrected chi connectivity index (χ0v) is 12.1. The first-order valence-corrected chi connectivity index (χ1v) is 7.21. The van der Waals surface area contributed by atoms with Crippen molar-refractivity contribution >= 4 is 17.6 Å². The van der Waals surface area contributed by atoms with Gasteiger partial charge in [0, 0.05) is 25.8 Å². The average Bonchev–Trinajstić information content (AvgIpc) is 3.08. The summed E-state index contributed by atoms with van der Waals surface area (Å²) in [5.41, 5.74) is 1.03. The van der Waals surface area contributed by atoms with Crippen LogP contribution in [0.2, 0.25) is 0 Å². The fraction of sp³-hybridized carbons (Fsp3) is 0.333. The lowest BCUT2D eigenvalue weighted by Gasteiger charge is -2.17. The summed E-state index contributed by atoms with van der Waals surface area (Å²) in [4.78, 5) is 25.3. The van der Waals surface area contributed by atoms with E-state index >= 15 is 0 Å². The minimum absolute atomic E-state index is 0.0641. The summed E-state index contributed by atoms with van der Waals surface area (Å²) < 4.78 is 0. The number of hydrogen-bond acceptors (Lipinski definition) is 6. The number of rotatable bonds is 5. The molecule has 1 aliphatic rings. The number of nitrogens with one attached hydrogen (secondary N) is 1. The predicted molar refractivity (Wildman–Crippen MR) is 82.0 cm³/mol. The van der Waals surface area contributed by atoms with Crippen molar-refractivity contribution in [3.05, 3.63) is 42.0 Å². The highest BCUT2D eigenvalue weighted by molar-refractivity contribution is 5.84. The molecule has 0 amide bonds. The molecule has 22 heavy (non-hydrogen) atoms. The van der Waals surface area contributed by atoms with Crippen LogP contribution in [0.1, 0.15) is 28.9 Å². The molecule has 7 heteroatoms. The van der Waals surface area contributed by atoms with Gasteiger partial charge in [-0.3, -0.25) is 0 Å². The number of pyridine rings is 1. The van der Waals surface area contributed by atoms with Crippen LogP contribution >= 0.6 is 0 Å². The fourth-order valence-electron chi connectivity index (χ4n) is 2.41. The predicted octanol–water partition coefficient (Wildman–Crippen LogP) is 1.78. The Morgan fingerprint density at radius 2 is 2.05 bits per heavy atom. The molecule has 2 aromatic rings. The van der Waals surface area contributed by atoms with E-state index in [4.69, 9.17) is 5.11 Å². The maximum absolute atomic E-state index is 10.7. The van der Waals surface area contributed by atoms with Gasteiger partial charge in [-0.25, -0.2) is 19.7 Å². The minimum atomic E-state index is -1.08. The van der Waals surface area contributed by atoms with Crippen molar-refractivity contribution in [1.29, 1.82) is 0 Å². The van der Waals surface area contributed by atoms with Crippen LogP contribution in [0.15, 0.2) is 30.7 Å². The number of hydrogen-bond donors (Lipinski definition) is 2. The number of aromatic carboxylic acids is 1. The molecule has 1 aliphatic heterocycles. The fourth-order valence-corrected chi connectivity index (χ4v) is 2.41. The van der Waals surface area contributed by atoms with E-state index < -0.39 is 5.97 Å². The Hall–Kier alpha value is -2.70. The summed E-state index contributed by atoms with van der Waals surface area (Å²) in [6.45, 7) is 2.71. The van der Waals surface area contributed by atoms with Crippen molar-refractivity contribution in [2.75, 3.05) is 23.3 Å². The third-order valence-electron chi connectivity index (χ3n) is 3.58. The van der Waals surface area contributed by atoms with Gasteiger partial charge in [-0.15, -0.1) is 0 Å². The van der Waals surface area contributed by atoms with Gasteiger partial charge in [0.05, 0.1) is 12.4 Å². The van der Waals surface area contributed by atoms with Crippen LogP contribution < -0.4 is 10.2 Å². The quantitative estimate of drug-likeness (QED) is 0.869. The number of carboxylic acid groups (broad SMARTS) is 1. The van der Waals surface area contributed by atoms with Gasteiger partial charge in [-0.2, -0.15) is 0 Å². The van der Waals surface area contributed by atoms with Gasteiger partial charge in [-0.05, 0) is 30.5 Å². The molecule has 114 valence electrons. The molecule has 3 rings (SSSR count). The maximum atomic E-state index is 10.7. The van der Waals surface area contributed by atoms with Crippen molar-refractivity contribution in [3.8, 4) is 0 Å². The normalized spacial score (nSPS) is 14.1. The first kappa shape index (κ1) is 14.2. The zero-order chi connectivity index (χ0) is 15.4. The Morgan fingerprint density at radius 1 is 1.23 bits per heavy atom. The standard InChI is InChI=1S/C15H17N5O2/c21-15(22)12-9-19-13(10-17-12)18-8-11-3-4-16-14(7-11)20-5-1-2-6-20/h3-4,7,9-10H,1-2,5-6,8H2,(H,18,19)(H,21,22). The van der Waals surface area contributed by atoms with Crippen LogP contribution in [-0.4, -0.2) is 39.1 Å². The lowest BCUT2D eigenvalue weighted by atomic mass is 10.2. The van der Waals surface area contributed by atoms with Crippen molar-refractivity contribution in [2.24, 2.45) is 0 Å². The summed E-state index contributed by atoms with van der Waals surface area (Å²) in [5, 5.41) is 11.9. The highest BCUT2D eigenvalue weighted by Gasteiger charge is 2.13. The van der Waals surface area contributed by atoms with Crippen LogP contribution in [0.25, 0.3) is 0 Å². The van der Waals surface area contributed by atoms with Gasteiger partial charge in [0.15, 0.2) is 5.69 Å². The van der Waals surface area contributed by atoms with Crippen LogP contribution in [-0.2, 0) is 6.54 Å². The largest absolute Gasteiger partial charge is 0.476 e. The number of carbonyl (C=O) groups is 1. The first-order valence-electron chi connectivity index (χ1n) is 7.21. The molecule has 1 saturated heterocycles. The number of carboxylic acids is 1. The van der Waals surface area contributed by atoms with Crippen LogP contribution in [0.3, 0.4) is 0 Å². The third kappa shape index (κ3) is 3.30. The second-order valence-electron chi connectivity index (χ2n) is 5.16. The van der Waals surface area contributed by atoms with Crippen molar-refractivity contribution < 1.29 is 9.90 Å². The molecular formula is C15H17N5O2. The molecule has 3 heterocycles. The topological polar surface area (TPSA) is 91.2 Å². The van der Waals surface area contributed by atoms with Gasteiger partial charge in [0.2, 0.25) is 0 Å². The van der Waals surface area contributed by atoms with Crippen LogP contribution in [0.4, 0.5) is 11.6 Å². The van der Waals surface area contributed by atoms with E-state index in [0.717, 1.165) is 24.5 Å². The van der Waals surface area contributed by atoms with Crippen molar-refractivity contribution in [2.45, 2.75) is 19.4 Å². The van der Waals surface area contributed by atoms with Gasteiger partial charge in [-0.1, -0.05) is 0 Å². The molecule has 0 bridgehead atoms. The van der Waals surface area contributed by atoms with E-state index in [1.807, 2.05) is 12.3 Å². The third-order valence-corrected chi connectivity index (χ3v) is 3.58. The van der Waals surface area contributed by atoms with Crippen molar-refractivity contribution in [3.63, 3.8) is 0 Å². The molecule has 0 unspecified atom stereocenters. The second-order valence-corrected chi connectivity index (χ2v) is 5.16. The van der Waals surface area contributed by atoms with E-state index in [1.54, 1.807) is 0 Å². The second kappa shape index (κ2) is 6.38. The molecule has 0 spiro atoms. The highest BCUT2D eigenvalue weighted by atomic mass is 16.4. The molecule has 0 radical (unpaired) electrons. The Kier molecular flexibility index (Phi) is 4.13. The van der Waals surface area contributed by atoms with Gasteiger partial charge in [0.1, 0.15) is 11.6 Å². The Bertz CT molecular complexity index is 653. The van der Waals surface area contributed by atoms with Gasteiger partial charge in [0.25, 0.3) is 0 Å². The molecule has 0 saturated carbocycles. The van der Waals surface area contributed by atoms with Crippen molar-refractivity contribution in [1.82, 2.24) is 15.0 Å². The highest BCUT2D eigenvalue weighted by Crippen LogP contribution is 2.18. The molecule has 2 aromatic heterocycles. The summed E-state index contributed by atoms with van der Waals surface area (Å²) in [6.07, 6.45) is 6.91. The molecule has 2 N–H and O–H groups in total. The number of anilines is 2. The Balaban J connectivity index is 1.63. The monoisotopic (exact) mass is 299 g/mol. The maximum Gasteiger partial charge on any atom is 0.356 e. The molecular weight excluding hydrogens is 282 g/mol. The number of nitrogens with zero attached hydrogens (tertiary/aromatic N) is 4. The first-order chi connectivity index (χ1) is 10.7. The smallest absolute Gasteiger partial charge is 0.356 e. The molecule has 0 aromatic carbocycles. The van der Waals surface area contributed by atoms with Gasteiger partial charge < -0.3 is 15.3 Å². The Morgan fingerprint density at radius 3 is 2.73 bits per heavy atom. The lowest BCUT2D eigenvalue weighted by molar-refractivity contribution is 0.0690. The van der Waals surface area contributed by atoms with E-state index in [0.29, 0.717) is 12.4 Å². The van der Waals surface area contributed by atoms with E-state index in [2.05, 4.69) is 31.2 Å². The molecule has 7 nitrogen and oxygen atoms in total. The van der Waals surface area contributed by atoms with Crippen LogP contribution in [0, 0.1) is 0 Å². The molecule has 0 aliphatic carbocycles. The average molecular weight is 299 g/mol.